The monoisotopic (exact) mass is 378 g/mol. The van der Waals surface area contributed by atoms with Crippen LogP contribution >= 0.6 is 11.3 Å². The quantitative estimate of drug-likeness (QED) is 0.493. The molecule has 136 valence electrons. The Balaban J connectivity index is 1.37. The van der Waals surface area contributed by atoms with Crippen molar-refractivity contribution in [2.24, 2.45) is 0 Å². The number of urea groups is 1. The van der Waals surface area contributed by atoms with E-state index in [-0.39, 0.29) is 6.03 Å². The summed E-state index contributed by atoms with van der Waals surface area (Å²) < 4.78 is 0. The second-order valence-electron chi connectivity index (χ2n) is 6.11. The normalized spacial score (nSPS) is 10.9. The summed E-state index contributed by atoms with van der Waals surface area (Å²) in [5, 5.41) is 23.3. The van der Waals surface area contributed by atoms with Crippen molar-refractivity contribution < 1.29 is 4.79 Å². The first kappa shape index (κ1) is 17.2. The third-order valence-electron chi connectivity index (χ3n) is 4.18. The van der Waals surface area contributed by atoms with Gasteiger partial charge in [-0.1, -0.05) is 41.7 Å². The largest absolute Gasteiger partial charge is 0.337 e. The van der Waals surface area contributed by atoms with Crippen molar-refractivity contribution in [3.05, 3.63) is 59.8 Å². The summed E-state index contributed by atoms with van der Waals surface area (Å²) in [5.74, 6) is 0. The summed E-state index contributed by atoms with van der Waals surface area (Å²) in [6, 6.07) is 15.7. The van der Waals surface area contributed by atoms with Crippen molar-refractivity contribution in [2.45, 2.75) is 13.3 Å². The van der Waals surface area contributed by atoms with Crippen LogP contribution in [0.1, 0.15) is 11.3 Å². The maximum Gasteiger partial charge on any atom is 0.321 e. The highest BCUT2D eigenvalue weighted by atomic mass is 32.1. The third-order valence-corrected chi connectivity index (χ3v) is 5.07. The number of rotatable bonds is 5. The molecule has 0 unspecified atom stereocenters. The van der Waals surface area contributed by atoms with Gasteiger partial charge in [0.05, 0.1) is 5.52 Å². The van der Waals surface area contributed by atoms with Crippen LogP contribution in [0.3, 0.4) is 0 Å². The van der Waals surface area contributed by atoms with Gasteiger partial charge in [0.2, 0.25) is 5.13 Å². The molecule has 2 aromatic heterocycles. The Kier molecular flexibility index (Phi) is 4.80. The zero-order chi connectivity index (χ0) is 18.6. The molecule has 0 radical (unpaired) electrons. The third kappa shape index (κ3) is 3.95. The molecule has 4 aromatic rings. The molecule has 8 heteroatoms. The molecular formula is C19H18N6OS. The maximum atomic E-state index is 12.0. The molecule has 2 amide bonds. The van der Waals surface area contributed by atoms with Crippen LogP contribution in [0.2, 0.25) is 0 Å². The van der Waals surface area contributed by atoms with E-state index in [1.54, 1.807) is 0 Å². The van der Waals surface area contributed by atoms with E-state index in [1.807, 2.05) is 55.5 Å². The fourth-order valence-corrected chi connectivity index (χ4v) is 3.50. The minimum Gasteiger partial charge on any atom is -0.337 e. The smallest absolute Gasteiger partial charge is 0.321 e. The number of anilines is 1. The molecular weight excluding hydrogens is 360 g/mol. The molecule has 0 aliphatic carbocycles. The summed E-state index contributed by atoms with van der Waals surface area (Å²) in [6.07, 6.45) is 0.777. The lowest BCUT2D eigenvalue weighted by molar-refractivity contribution is 0.252. The highest BCUT2D eigenvalue weighted by Gasteiger charge is 2.11. The zero-order valence-electron chi connectivity index (χ0n) is 14.7. The average Bonchev–Trinajstić information content (AvgIpc) is 3.29. The number of H-pyrrole nitrogens is 1. The van der Waals surface area contributed by atoms with Crippen LogP contribution in [0, 0.1) is 6.92 Å². The number of aryl methyl sites for hydroxylation is 1. The molecule has 0 aliphatic heterocycles. The molecule has 2 aromatic carbocycles. The van der Waals surface area contributed by atoms with Gasteiger partial charge in [0.15, 0.2) is 0 Å². The number of nitrogens with one attached hydrogen (secondary N) is 3. The van der Waals surface area contributed by atoms with E-state index in [1.165, 1.54) is 16.9 Å². The van der Waals surface area contributed by atoms with Gasteiger partial charge in [-0.3, -0.25) is 10.4 Å². The molecule has 0 saturated heterocycles. The Bertz CT molecular complexity index is 1070. The van der Waals surface area contributed by atoms with E-state index in [4.69, 9.17) is 0 Å². The van der Waals surface area contributed by atoms with Crippen molar-refractivity contribution in [3.8, 4) is 10.6 Å². The van der Waals surface area contributed by atoms with Crippen LogP contribution in [0.15, 0.2) is 48.5 Å². The maximum absolute atomic E-state index is 12.0. The predicted octanol–water partition coefficient (Wildman–Crippen LogP) is 3.75. The second kappa shape index (κ2) is 7.55. The van der Waals surface area contributed by atoms with Gasteiger partial charge in [0.25, 0.3) is 0 Å². The average molecular weight is 378 g/mol. The lowest BCUT2D eigenvalue weighted by Crippen LogP contribution is -2.30. The van der Waals surface area contributed by atoms with Crippen molar-refractivity contribution in [3.63, 3.8) is 0 Å². The number of aromatic amines is 1. The van der Waals surface area contributed by atoms with Gasteiger partial charge in [-0.15, -0.1) is 10.2 Å². The Hall–Kier alpha value is -3.26. The first-order valence-corrected chi connectivity index (χ1v) is 9.38. The molecule has 0 saturated carbocycles. The number of aromatic nitrogens is 4. The minimum absolute atomic E-state index is 0.283. The van der Waals surface area contributed by atoms with Gasteiger partial charge in [-0.25, -0.2) is 4.79 Å². The fourth-order valence-electron chi connectivity index (χ4n) is 2.77. The molecule has 2 heterocycles. The van der Waals surface area contributed by atoms with E-state index in [9.17, 15) is 4.79 Å². The van der Waals surface area contributed by atoms with E-state index in [2.05, 4.69) is 31.0 Å². The number of hydrogen-bond acceptors (Lipinski definition) is 5. The van der Waals surface area contributed by atoms with Gasteiger partial charge >= 0.3 is 6.03 Å². The first-order chi connectivity index (χ1) is 13.2. The Morgan fingerprint density at radius 2 is 2.00 bits per heavy atom. The molecule has 0 spiro atoms. The topological polar surface area (TPSA) is 95.6 Å². The summed E-state index contributed by atoms with van der Waals surface area (Å²) in [5.41, 5.74) is 4.05. The van der Waals surface area contributed by atoms with E-state index in [0.717, 1.165) is 33.6 Å². The van der Waals surface area contributed by atoms with E-state index < -0.39 is 0 Å². The zero-order valence-corrected chi connectivity index (χ0v) is 15.5. The molecule has 27 heavy (non-hydrogen) atoms. The van der Waals surface area contributed by atoms with Crippen molar-refractivity contribution >= 4 is 33.4 Å². The number of fused-ring (bicyclic) bond motifs is 1. The number of hydrogen-bond donors (Lipinski definition) is 3. The minimum atomic E-state index is -0.283. The van der Waals surface area contributed by atoms with E-state index in [0.29, 0.717) is 11.7 Å². The van der Waals surface area contributed by atoms with Gasteiger partial charge in [0.1, 0.15) is 5.01 Å². The lowest BCUT2D eigenvalue weighted by Gasteiger charge is -2.05. The predicted molar refractivity (Wildman–Crippen MR) is 107 cm³/mol. The van der Waals surface area contributed by atoms with Crippen LogP contribution in [0.4, 0.5) is 9.93 Å². The Labute approximate surface area is 159 Å². The number of amides is 2. The van der Waals surface area contributed by atoms with Crippen molar-refractivity contribution in [1.82, 2.24) is 25.7 Å². The molecule has 4 rings (SSSR count). The van der Waals surface area contributed by atoms with Crippen molar-refractivity contribution in [2.75, 3.05) is 11.9 Å². The second-order valence-corrected chi connectivity index (χ2v) is 7.09. The summed E-state index contributed by atoms with van der Waals surface area (Å²) in [4.78, 5) is 12.0. The van der Waals surface area contributed by atoms with Gasteiger partial charge < -0.3 is 5.32 Å². The van der Waals surface area contributed by atoms with Gasteiger partial charge in [-0.2, -0.15) is 5.10 Å². The summed E-state index contributed by atoms with van der Waals surface area (Å²) in [7, 11) is 0. The standard InChI is InChI=1S/C19H18N6OS/c1-12-15-11-14(7-8-16(15)23-22-12)17-24-25-19(27-17)21-18(26)20-10-9-13-5-3-2-4-6-13/h2-8,11H,9-10H2,1H3,(H,22,23)(H2,20,21,25,26). The molecule has 3 N–H and O–H groups in total. The van der Waals surface area contributed by atoms with Crippen molar-refractivity contribution in [1.29, 1.82) is 0 Å². The SMILES string of the molecule is Cc1[nH]nc2ccc(-c3nnc(NC(=O)NCCc4ccccc4)s3)cc12. The lowest BCUT2D eigenvalue weighted by atomic mass is 10.1. The number of nitrogens with zero attached hydrogens (tertiary/aromatic N) is 3. The summed E-state index contributed by atoms with van der Waals surface area (Å²) in [6.45, 7) is 2.53. The van der Waals surface area contributed by atoms with Crippen LogP contribution in [-0.4, -0.2) is 33.0 Å². The molecule has 7 nitrogen and oxygen atoms in total. The Morgan fingerprint density at radius 3 is 2.85 bits per heavy atom. The number of benzene rings is 2. The van der Waals surface area contributed by atoms with Gasteiger partial charge in [-0.05, 0) is 37.1 Å². The van der Waals surface area contributed by atoms with Gasteiger partial charge in [0, 0.05) is 23.2 Å². The van der Waals surface area contributed by atoms with Crippen LogP contribution in [0.5, 0.6) is 0 Å². The van der Waals surface area contributed by atoms with E-state index >= 15 is 0 Å². The molecule has 0 aliphatic rings. The summed E-state index contributed by atoms with van der Waals surface area (Å²) >= 11 is 1.34. The number of carbonyl (C=O) groups excluding carboxylic acids is 1. The first-order valence-electron chi connectivity index (χ1n) is 8.56. The highest BCUT2D eigenvalue weighted by molar-refractivity contribution is 7.18. The molecule has 0 bridgehead atoms. The van der Waals surface area contributed by atoms with Crippen LogP contribution in [-0.2, 0) is 6.42 Å². The Morgan fingerprint density at radius 1 is 1.15 bits per heavy atom. The number of carbonyl (C=O) groups is 1. The highest BCUT2D eigenvalue weighted by Crippen LogP contribution is 2.29. The van der Waals surface area contributed by atoms with Crippen LogP contribution in [0.25, 0.3) is 21.5 Å². The molecule has 0 atom stereocenters. The molecule has 0 fully saturated rings. The fraction of sp³-hybridized carbons (Fsp3) is 0.158. The van der Waals surface area contributed by atoms with Crippen LogP contribution < -0.4 is 10.6 Å².